The van der Waals surface area contributed by atoms with Crippen molar-refractivity contribution >= 4 is 32.6 Å². The van der Waals surface area contributed by atoms with E-state index >= 15 is 0 Å². The number of ether oxygens (including phenoxy) is 1. The molecule has 7 nitrogen and oxygen atoms in total. The van der Waals surface area contributed by atoms with E-state index in [2.05, 4.69) is 20.6 Å². The molecule has 3 N–H and O–H groups in total. The first kappa shape index (κ1) is 18.6. The molecule has 4 rings (SSSR count). The van der Waals surface area contributed by atoms with Crippen molar-refractivity contribution in [1.29, 1.82) is 0 Å². The summed E-state index contributed by atoms with van der Waals surface area (Å²) in [6, 6.07) is 9.06. The summed E-state index contributed by atoms with van der Waals surface area (Å²) in [5.41, 5.74) is 1.18. The molecule has 3 aromatic rings. The SMILES string of the molecule is [11CH3]NC(=O)c1cc(Oc2ccc3nc(N[C@@H]4CCCC[C@H]4O)sc3c2)ccn1. The first-order chi connectivity index (χ1) is 13.6. The van der Waals surface area contributed by atoms with Crippen molar-refractivity contribution in [2.24, 2.45) is 0 Å². The van der Waals surface area contributed by atoms with Gasteiger partial charge in [0.1, 0.15) is 17.2 Å². The fourth-order valence-electron chi connectivity index (χ4n) is 3.33. The van der Waals surface area contributed by atoms with Crippen LogP contribution in [0.25, 0.3) is 10.2 Å². The zero-order valence-corrected chi connectivity index (χ0v) is 16.3. The van der Waals surface area contributed by atoms with Gasteiger partial charge in [0.15, 0.2) is 5.13 Å². The lowest BCUT2D eigenvalue weighted by molar-refractivity contribution is 0.0957. The standard InChI is InChI=1S/C20H22N4O3S/c1-21-19(26)16-10-13(8-9-22-16)27-12-6-7-15-18(11-12)28-20(24-15)23-14-4-2-3-5-17(14)25/h6-11,14,17,25H,2-5H2,1H3,(H,21,26)(H,23,24)/t14-,17-/m1/s1/i1-1. The van der Waals surface area contributed by atoms with E-state index < -0.39 is 0 Å². The number of thiazole rings is 1. The summed E-state index contributed by atoms with van der Waals surface area (Å²) in [4.78, 5) is 20.4. The van der Waals surface area contributed by atoms with Crippen LogP contribution in [0.4, 0.5) is 5.13 Å². The molecule has 0 radical (unpaired) electrons. The molecular formula is C20H22N4O3S. The van der Waals surface area contributed by atoms with Crippen LogP contribution in [-0.4, -0.2) is 40.2 Å². The fraction of sp³-hybridized carbons (Fsp3) is 0.350. The second-order valence-electron chi connectivity index (χ2n) is 6.81. The van der Waals surface area contributed by atoms with Crippen LogP contribution in [0, 0.1) is 0 Å². The number of benzene rings is 1. The van der Waals surface area contributed by atoms with Crippen molar-refractivity contribution in [3.8, 4) is 11.5 Å². The number of aliphatic hydroxyl groups excluding tert-OH is 1. The van der Waals surface area contributed by atoms with E-state index in [9.17, 15) is 9.90 Å². The molecular weight excluding hydrogens is 375 g/mol. The Morgan fingerprint density at radius 3 is 2.86 bits per heavy atom. The molecule has 0 spiro atoms. The topological polar surface area (TPSA) is 96.4 Å². The lowest BCUT2D eigenvalue weighted by atomic mass is 9.93. The maximum Gasteiger partial charge on any atom is 0.269 e. The summed E-state index contributed by atoms with van der Waals surface area (Å²) in [6.07, 6.45) is 5.23. The third-order valence-electron chi connectivity index (χ3n) is 4.83. The Balaban J connectivity index is 1.51. The van der Waals surface area contributed by atoms with Gasteiger partial charge in [-0.05, 0) is 31.0 Å². The minimum atomic E-state index is -0.319. The summed E-state index contributed by atoms with van der Waals surface area (Å²) < 4.78 is 6.89. The van der Waals surface area contributed by atoms with Crippen LogP contribution in [0.15, 0.2) is 36.5 Å². The van der Waals surface area contributed by atoms with E-state index in [0.29, 0.717) is 17.2 Å². The molecule has 2 heterocycles. The number of rotatable bonds is 5. The molecule has 1 aromatic carbocycles. The molecule has 1 fully saturated rings. The molecule has 8 heteroatoms. The number of nitrogens with one attached hydrogen (secondary N) is 2. The van der Waals surface area contributed by atoms with E-state index in [4.69, 9.17) is 4.74 Å². The van der Waals surface area contributed by atoms with Crippen molar-refractivity contribution in [3.63, 3.8) is 0 Å². The third-order valence-corrected chi connectivity index (χ3v) is 5.77. The highest BCUT2D eigenvalue weighted by Crippen LogP contribution is 2.32. The van der Waals surface area contributed by atoms with Crippen LogP contribution >= 0.6 is 11.3 Å². The predicted octanol–water partition coefficient (Wildman–Crippen LogP) is 3.56. The van der Waals surface area contributed by atoms with Gasteiger partial charge >= 0.3 is 0 Å². The summed E-state index contributed by atoms with van der Waals surface area (Å²) in [5.74, 6) is 0.944. The molecule has 0 saturated heterocycles. The van der Waals surface area contributed by atoms with Crippen molar-refractivity contribution in [2.45, 2.75) is 37.8 Å². The first-order valence-corrected chi connectivity index (χ1v) is 10.2. The van der Waals surface area contributed by atoms with Gasteiger partial charge in [-0.3, -0.25) is 9.78 Å². The van der Waals surface area contributed by atoms with Crippen molar-refractivity contribution in [3.05, 3.63) is 42.2 Å². The molecule has 2 atom stereocenters. The van der Waals surface area contributed by atoms with E-state index in [0.717, 1.165) is 41.0 Å². The Kier molecular flexibility index (Phi) is 5.40. The lowest BCUT2D eigenvalue weighted by Crippen LogP contribution is -2.36. The predicted molar refractivity (Wildman–Crippen MR) is 109 cm³/mol. The van der Waals surface area contributed by atoms with Crippen LogP contribution in [0.3, 0.4) is 0 Å². The third kappa shape index (κ3) is 4.07. The second kappa shape index (κ2) is 8.12. The Morgan fingerprint density at radius 1 is 1.21 bits per heavy atom. The number of pyridine rings is 1. The number of hydrogen-bond acceptors (Lipinski definition) is 7. The van der Waals surface area contributed by atoms with Gasteiger partial charge in [-0.2, -0.15) is 0 Å². The molecule has 1 amide bonds. The van der Waals surface area contributed by atoms with Crippen LogP contribution in [-0.2, 0) is 0 Å². The van der Waals surface area contributed by atoms with Gasteiger partial charge in [-0.1, -0.05) is 24.2 Å². The highest BCUT2D eigenvalue weighted by molar-refractivity contribution is 7.22. The van der Waals surface area contributed by atoms with Gasteiger partial charge in [0.05, 0.1) is 22.4 Å². The first-order valence-electron chi connectivity index (χ1n) is 9.33. The van der Waals surface area contributed by atoms with Gasteiger partial charge in [0.2, 0.25) is 0 Å². The van der Waals surface area contributed by atoms with Gasteiger partial charge in [0.25, 0.3) is 5.91 Å². The number of aliphatic hydroxyl groups is 1. The van der Waals surface area contributed by atoms with Crippen LogP contribution in [0.2, 0.25) is 0 Å². The Morgan fingerprint density at radius 2 is 2.04 bits per heavy atom. The maximum absolute atomic E-state index is 11.7. The summed E-state index contributed by atoms with van der Waals surface area (Å²) in [5, 5.41) is 16.9. The Labute approximate surface area is 166 Å². The Bertz CT molecular complexity index is 990. The zero-order valence-electron chi connectivity index (χ0n) is 15.5. The molecule has 28 heavy (non-hydrogen) atoms. The molecule has 0 bridgehead atoms. The van der Waals surface area contributed by atoms with E-state index in [-0.39, 0.29) is 18.1 Å². The number of amides is 1. The molecule has 0 aliphatic heterocycles. The number of fused-ring (bicyclic) bond motifs is 1. The normalized spacial score (nSPS) is 19.4. The van der Waals surface area contributed by atoms with Gasteiger partial charge in [0, 0.05) is 25.4 Å². The smallest absolute Gasteiger partial charge is 0.269 e. The largest absolute Gasteiger partial charge is 0.457 e. The van der Waals surface area contributed by atoms with Gasteiger partial charge in [-0.15, -0.1) is 0 Å². The number of anilines is 1. The average Bonchev–Trinajstić information content (AvgIpc) is 3.11. The van der Waals surface area contributed by atoms with E-state index in [1.807, 2.05) is 18.2 Å². The summed E-state index contributed by atoms with van der Waals surface area (Å²) >= 11 is 1.54. The number of aromatic nitrogens is 2. The fourth-order valence-corrected chi connectivity index (χ4v) is 4.29. The van der Waals surface area contributed by atoms with E-state index in [1.54, 1.807) is 25.4 Å². The van der Waals surface area contributed by atoms with Gasteiger partial charge in [-0.25, -0.2) is 4.98 Å². The number of nitrogens with zero attached hydrogens (tertiary/aromatic N) is 2. The minimum Gasteiger partial charge on any atom is -0.457 e. The number of carbonyl (C=O) groups excluding carboxylic acids is 1. The summed E-state index contributed by atoms with van der Waals surface area (Å²) in [7, 11) is 1.56. The van der Waals surface area contributed by atoms with Crippen molar-refractivity contribution in [2.75, 3.05) is 12.4 Å². The zero-order chi connectivity index (χ0) is 19.5. The lowest BCUT2D eigenvalue weighted by Gasteiger charge is -2.27. The van der Waals surface area contributed by atoms with Crippen molar-refractivity contribution in [1.82, 2.24) is 15.3 Å². The minimum absolute atomic E-state index is 0.0602. The number of carbonyl (C=O) groups is 1. The van der Waals surface area contributed by atoms with E-state index in [1.165, 1.54) is 11.3 Å². The highest BCUT2D eigenvalue weighted by atomic mass is 32.1. The summed E-state index contributed by atoms with van der Waals surface area (Å²) in [6.45, 7) is 0. The van der Waals surface area contributed by atoms with Crippen LogP contribution in [0.5, 0.6) is 11.5 Å². The van der Waals surface area contributed by atoms with Crippen LogP contribution < -0.4 is 15.4 Å². The van der Waals surface area contributed by atoms with Gasteiger partial charge < -0.3 is 20.5 Å². The quantitative estimate of drug-likeness (QED) is 0.609. The molecule has 1 aliphatic carbocycles. The molecule has 0 unspecified atom stereocenters. The average molecular weight is 397 g/mol. The monoisotopic (exact) mass is 397 g/mol. The van der Waals surface area contributed by atoms with Crippen molar-refractivity contribution < 1.29 is 14.6 Å². The molecule has 2 aromatic heterocycles. The highest BCUT2D eigenvalue weighted by Gasteiger charge is 2.23. The molecule has 146 valence electrons. The van der Waals surface area contributed by atoms with Crippen LogP contribution in [0.1, 0.15) is 36.2 Å². The Hall–Kier alpha value is -2.71. The second-order valence-corrected chi connectivity index (χ2v) is 7.84. The number of hydrogen-bond donors (Lipinski definition) is 3. The molecule has 1 aliphatic rings. The maximum atomic E-state index is 11.7. The molecule has 1 saturated carbocycles.